The van der Waals surface area contributed by atoms with Crippen molar-refractivity contribution in [2.24, 2.45) is 10.9 Å². The van der Waals surface area contributed by atoms with Gasteiger partial charge in [0.2, 0.25) is 0 Å². The Morgan fingerprint density at radius 1 is 1.08 bits per heavy atom. The van der Waals surface area contributed by atoms with Gasteiger partial charge in [0.1, 0.15) is 5.92 Å². The standard InChI is InChI=1S/C17H17Cl2NO4/c1-8-13(16(21)23-3)15(10-5-6-11(18)12(19)7-10)14(9(2)20-8)17(22)24-4/h5-7,13,15H,1-4H3/t13?,15-/m0/s1. The molecule has 1 aromatic rings. The zero-order chi connectivity index (χ0) is 18.0. The second-order valence-electron chi connectivity index (χ2n) is 5.40. The van der Waals surface area contributed by atoms with Gasteiger partial charge in [0.05, 0.1) is 29.8 Å². The van der Waals surface area contributed by atoms with Gasteiger partial charge in [-0.15, -0.1) is 0 Å². The number of carbonyl (C=O) groups excluding carboxylic acids is 2. The average molecular weight is 370 g/mol. The highest BCUT2D eigenvalue weighted by Gasteiger charge is 2.42. The van der Waals surface area contributed by atoms with Crippen LogP contribution in [0.2, 0.25) is 10.0 Å². The van der Waals surface area contributed by atoms with E-state index in [-0.39, 0.29) is 0 Å². The number of esters is 2. The Kier molecular flexibility index (Phi) is 5.67. The zero-order valence-electron chi connectivity index (χ0n) is 13.7. The topological polar surface area (TPSA) is 65.0 Å². The quantitative estimate of drug-likeness (QED) is 0.760. The molecule has 1 aliphatic heterocycles. The van der Waals surface area contributed by atoms with Crippen molar-refractivity contribution in [3.63, 3.8) is 0 Å². The SMILES string of the molecule is COC(=O)C1=C(C)N=C(C)C(C(=O)OC)[C@@H]1c1ccc(Cl)c(Cl)c1. The Labute approximate surface area is 150 Å². The van der Waals surface area contributed by atoms with Crippen molar-refractivity contribution < 1.29 is 19.1 Å². The van der Waals surface area contributed by atoms with E-state index in [2.05, 4.69) is 4.99 Å². The minimum Gasteiger partial charge on any atom is -0.468 e. The lowest BCUT2D eigenvalue weighted by molar-refractivity contribution is -0.143. The summed E-state index contributed by atoms with van der Waals surface area (Å²) in [6.07, 6.45) is 0. The molecule has 7 heteroatoms. The summed E-state index contributed by atoms with van der Waals surface area (Å²) in [5, 5.41) is 0.719. The molecular formula is C17H17Cl2NO4. The summed E-state index contributed by atoms with van der Waals surface area (Å²) >= 11 is 12.1. The molecule has 0 saturated carbocycles. The third-order valence-corrected chi connectivity index (χ3v) is 4.73. The lowest BCUT2D eigenvalue weighted by Crippen LogP contribution is -2.36. The Morgan fingerprint density at radius 2 is 1.75 bits per heavy atom. The molecule has 0 saturated heterocycles. The second kappa shape index (κ2) is 7.36. The molecule has 0 aliphatic carbocycles. The molecule has 0 radical (unpaired) electrons. The van der Waals surface area contributed by atoms with Crippen molar-refractivity contribution in [2.45, 2.75) is 19.8 Å². The first-order valence-corrected chi connectivity index (χ1v) is 7.94. The normalized spacial score (nSPS) is 20.5. The molecule has 128 valence electrons. The molecule has 1 heterocycles. The van der Waals surface area contributed by atoms with Gasteiger partial charge in [-0.1, -0.05) is 29.3 Å². The summed E-state index contributed by atoms with van der Waals surface area (Å²) in [6.45, 7) is 3.43. The number of halogens is 2. The van der Waals surface area contributed by atoms with Crippen molar-refractivity contribution in [3.05, 3.63) is 45.1 Å². The Balaban J connectivity index is 2.69. The van der Waals surface area contributed by atoms with Crippen molar-refractivity contribution in [1.82, 2.24) is 0 Å². The number of nitrogens with zero attached hydrogens (tertiary/aromatic N) is 1. The average Bonchev–Trinajstić information content (AvgIpc) is 2.55. The number of benzene rings is 1. The van der Waals surface area contributed by atoms with Gasteiger partial charge in [0, 0.05) is 17.3 Å². The van der Waals surface area contributed by atoms with Crippen LogP contribution in [0.15, 0.2) is 34.5 Å². The Morgan fingerprint density at radius 3 is 2.29 bits per heavy atom. The summed E-state index contributed by atoms with van der Waals surface area (Å²) < 4.78 is 9.79. The molecule has 0 fully saturated rings. The molecule has 24 heavy (non-hydrogen) atoms. The Bertz CT molecular complexity index is 755. The Hall–Kier alpha value is -1.85. The largest absolute Gasteiger partial charge is 0.468 e. The molecule has 0 N–H and O–H groups in total. The minimum absolute atomic E-state index is 0.303. The molecule has 2 rings (SSSR count). The molecule has 0 aromatic heterocycles. The van der Waals surface area contributed by atoms with Gasteiger partial charge in [-0.05, 0) is 31.5 Å². The molecule has 5 nitrogen and oxygen atoms in total. The fraction of sp³-hybridized carbons (Fsp3) is 0.353. The van der Waals surface area contributed by atoms with Crippen LogP contribution in [0.4, 0.5) is 0 Å². The lowest BCUT2D eigenvalue weighted by atomic mass is 9.75. The molecule has 1 aliphatic rings. The zero-order valence-corrected chi connectivity index (χ0v) is 15.2. The van der Waals surface area contributed by atoms with Gasteiger partial charge >= 0.3 is 11.9 Å². The first-order chi connectivity index (χ1) is 11.3. The predicted octanol–water partition coefficient (Wildman–Crippen LogP) is 3.79. The van der Waals surface area contributed by atoms with Crippen LogP contribution in [0.1, 0.15) is 25.3 Å². The van der Waals surface area contributed by atoms with E-state index in [1.165, 1.54) is 14.2 Å². The van der Waals surface area contributed by atoms with Crippen molar-refractivity contribution in [3.8, 4) is 0 Å². The smallest absolute Gasteiger partial charge is 0.336 e. The summed E-state index contributed by atoms with van der Waals surface area (Å²) in [6, 6.07) is 4.99. The van der Waals surface area contributed by atoms with E-state index in [1.807, 2.05) is 0 Å². The van der Waals surface area contributed by atoms with E-state index >= 15 is 0 Å². The highest BCUT2D eigenvalue weighted by molar-refractivity contribution is 6.42. The number of methoxy groups -OCH3 is 2. The third kappa shape index (κ3) is 3.32. The van der Waals surface area contributed by atoms with Crippen molar-refractivity contribution in [2.75, 3.05) is 14.2 Å². The van der Waals surface area contributed by atoms with E-state index in [0.717, 1.165) is 0 Å². The van der Waals surface area contributed by atoms with Crippen LogP contribution < -0.4 is 0 Å². The van der Waals surface area contributed by atoms with E-state index in [9.17, 15) is 9.59 Å². The monoisotopic (exact) mass is 369 g/mol. The van der Waals surface area contributed by atoms with E-state index in [0.29, 0.717) is 32.6 Å². The molecule has 1 unspecified atom stereocenters. The van der Waals surface area contributed by atoms with Crippen LogP contribution in [0, 0.1) is 5.92 Å². The van der Waals surface area contributed by atoms with Crippen molar-refractivity contribution >= 4 is 40.9 Å². The molecule has 1 aromatic carbocycles. The number of carbonyl (C=O) groups is 2. The molecule has 0 bridgehead atoms. The van der Waals surface area contributed by atoms with Gasteiger partial charge in [0.25, 0.3) is 0 Å². The maximum absolute atomic E-state index is 12.3. The van der Waals surface area contributed by atoms with Crippen LogP contribution in [0.25, 0.3) is 0 Å². The van der Waals surface area contributed by atoms with Gasteiger partial charge < -0.3 is 9.47 Å². The van der Waals surface area contributed by atoms with Crippen LogP contribution in [0.3, 0.4) is 0 Å². The number of hydrogen-bond acceptors (Lipinski definition) is 5. The maximum atomic E-state index is 12.3. The number of rotatable bonds is 3. The predicted molar refractivity (Wildman–Crippen MR) is 92.5 cm³/mol. The van der Waals surface area contributed by atoms with Crippen LogP contribution in [0.5, 0.6) is 0 Å². The van der Waals surface area contributed by atoms with Crippen LogP contribution in [-0.4, -0.2) is 31.9 Å². The maximum Gasteiger partial charge on any atom is 0.336 e. The first-order valence-electron chi connectivity index (χ1n) is 7.18. The highest BCUT2D eigenvalue weighted by Crippen LogP contribution is 2.41. The van der Waals surface area contributed by atoms with E-state index in [4.69, 9.17) is 32.7 Å². The molecule has 0 amide bonds. The van der Waals surface area contributed by atoms with Crippen LogP contribution in [-0.2, 0) is 19.1 Å². The lowest BCUT2D eigenvalue weighted by Gasteiger charge is -2.31. The highest BCUT2D eigenvalue weighted by atomic mass is 35.5. The summed E-state index contributed by atoms with van der Waals surface area (Å²) in [5.41, 5.74) is 2.02. The number of allylic oxidation sites excluding steroid dienone is 1. The fourth-order valence-corrected chi connectivity index (χ4v) is 3.22. The van der Waals surface area contributed by atoms with Gasteiger partial charge in [0.15, 0.2) is 0 Å². The van der Waals surface area contributed by atoms with Gasteiger partial charge in [-0.25, -0.2) is 4.79 Å². The van der Waals surface area contributed by atoms with Crippen LogP contribution >= 0.6 is 23.2 Å². The number of ether oxygens (including phenoxy) is 2. The third-order valence-electron chi connectivity index (χ3n) is 3.99. The van der Waals surface area contributed by atoms with E-state index < -0.39 is 23.8 Å². The first kappa shape index (κ1) is 18.5. The van der Waals surface area contributed by atoms with Gasteiger partial charge in [-0.3, -0.25) is 9.79 Å². The van der Waals surface area contributed by atoms with Gasteiger partial charge in [-0.2, -0.15) is 0 Å². The summed E-state index contributed by atoms with van der Waals surface area (Å²) in [5.74, 6) is -2.39. The second-order valence-corrected chi connectivity index (χ2v) is 6.21. The van der Waals surface area contributed by atoms with Crippen molar-refractivity contribution in [1.29, 1.82) is 0 Å². The molecule has 0 spiro atoms. The number of hydrogen-bond donors (Lipinski definition) is 0. The minimum atomic E-state index is -0.745. The summed E-state index contributed by atoms with van der Waals surface area (Å²) in [4.78, 5) is 29.0. The van der Waals surface area contributed by atoms with E-state index in [1.54, 1.807) is 32.0 Å². The molecule has 2 atom stereocenters. The molecular weight excluding hydrogens is 353 g/mol. The fourth-order valence-electron chi connectivity index (χ4n) is 2.91. The summed E-state index contributed by atoms with van der Waals surface area (Å²) in [7, 11) is 2.58. The number of aliphatic imine (C=N–C) groups is 1.